The summed E-state index contributed by atoms with van der Waals surface area (Å²) in [5.74, 6) is 0.688. The van der Waals surface area contributed by atoms with Gasteiger partial charge in [0.15, 0.2) is 0 Å². The highest BCUT2D eigenvalue weighted by molar-refractivity contribution is 7.99. The summed E-state index contributed by atoms with van der Waals surface area (Å²) in [6.45, 7) is 10.1. The normalized spacial score (nSPS) is 12.3. The minimum Gasteiger partial charge on any atom is -0.350 e. The van der Waals surface area contributed by atoms with Gasteiger partial charge in [0.2, 0.25) is 11.8 Å². The van der Waals surface area contributed by atoms with Gasteiger partial charge in [0.25, 0.3) is 0 Å². The predicted molar refractivity (Wildman–Crippen MR) is 130 cm³/mol. The molecule has 0 bridgehead atoms. The lowest BCUT2D eigenvalue weighted by Crippen LogP contribution is -2.52. The van der Waals surface area contributed by atoms with Crippen LogP contribution in [-0.2, 0) is 16.1 Å². The van der Waals surface area contributed by atoms with Gasteiger partial charge in [0, 0.05) is 28.4 Å². The first kappa shape index (κ1) is 25.3. The molecule has 0 fully saturated rings. The Hall–Kier alpha value is -1.98. The van der Waals surface area contributed by atoms with Gasteiger partial charge in [-0.2, -0.15) is 0 Å². The van der Waals surface area contributed by atoms with E-state index in [0.717, 1.165) is 28.2 Å². The molecule has 0 aliphatic heterocycles. The van der Waals surface area contributed by atoms with E-state index in [2.05, 4.69) is 11.4 Å². The topological polar surface area (TPSA) is 49.4 Å². The van der Waals surface area contributed by atoms with Crippen LogP contribution in [0.5, 0.6) is 0 Å². The Morgan fingerprint density at radius 3 is 2.42 bits per heavy atom. The van der Waals surface area contributed by atoms with Crippen molar-refractivity contribution in [3.63, 3.8) is 0 Å². The fraction of sp³-hybridized carbons (Fsp3) is 0.440. The highest BCUT2D eigenvalue weighted by Crippen LogP contribution is 2.22. The first-order valence-corrected chi connectivity index (χ1v) is 12.0. The second kappa shape index (κ2) is 11.6. The Balaban J connectivity index is 2.02. The molecule has 1 N–H and O–H groups in total. The van der Waals surface area contributed by atoms with Crippen LogP contribution in [0.3, 0.4) is 0 Å². The first-order valence-electron chi connectivity index (χ1n) is 10.6. The molecule has 6 heteroatoms. The van der Waals surface area contributed by atoms with Gasteiger partial charge in [-0.15, -0.1) is 11.8 Å². The molecule has 0 spiro atoms. The van der Waals surface area contributed by atoms with E-state index in [0.29, 0.717) is 18.0 Å². The molecule has 168 valence electrons. The lowest BCUT2D eigenvalue weighted by atomic mass is 10.1. The molecule has 2 aromatic rings. The third-order valence-electron chi connectivity index (χ3n) is 4.72. The number of hydrogen-bond donors (Lipinski definition) is 1. The number of amides is 2. The van der Waals surface area contributed by atoms with E-state index in [-0.39, 0.29) is 17.4 Å². The molecule has 1 atom stereocenters. The Kier molecular flexibility index (Phi) is 9.45. The van der Waals surface area contributed by atoms with Crippen molar-refractivity contribution in [1.82, 2.24) is 10.2 Å². The highest BCUT2D eigenvalue weighted by Gasteiger charge is 2.28. The number of carbonyl (C=O) groups excluding carboxylic acids is 2. The molecular formula is C25H33ClN2O2S. The molecule has 31 heavy (non-hydrogen) atoms. The molecule has 0 aromatic heterocycles. The number of aryl methyl sites for hydroxylation is 1. The van der Waals surface area contributed by atoms with Crippen LogP contribution in [0.4, 0.5) is 0 Å². The van der Waals surface area contributed by atoms with Gasteiger partial charge in [-0.25, -0.2) is 0 Å². The summed E-state index contributed by atoms with van der Waals surface area (Å²) in [5.41, 5.74) is 1.81. The summed E-state index contributed by atoms with van der Waals surface area (Å²) >= 11 is 7.63. The summed E-state index contributed by atoms with van der Waals surface area (Å²) in [6, 6.07) is 15.2. The molecule has 4 nitrogen and oxygen atoms in total. The molecule has 0 aliphatic carbocycles. The molecule has 0 heterocycles. The van der Waals surface area contributed by atoms with Crippen LogP contribution in [0.2, 0.25) is 5.02 Å². The molecule has 2 aromatic carbocycles. The summed E-state index contributed by atoms with van der Waals surface area (Å²) in [4.78, 5) is 28.7. The average molecular weight is 461 g/mol. The fourth-order valence-electron chi connectivity index (χ4n) is 3.15. The molecule has 2 amide bonds. The number of thioether (sulfide) groups is 1. The Morgan fingerprint density at radius 2 is 1.81 bits per heavy atom. The van der Waals surface area contributed by atoms with Crippen LogP contribution in [0.25, 0.3) is 0 Å². The molecule has 0 saturated heterocycles. The maximum Gasteiger partial charge on any atom is 0.242 e. The maximum absolute atomic E-state index is 13.1. The molecule has 0 aliphatic rings. The minimum absolute atomic E-state index is 0.00484. The zero-order valence-corrected chi connectivity index (χ0v) is 20.6. The Bertz CT molecular complexity index is 878. The van der Waals surface area contributed by atoms with Crippen LogP contribution < -0.4 is 5.32 Å². The second-order valence-corrected chi connectivity index (χ2v) is 10.4. The lowest BCUT2D eigenvalue weighted by molar-refractivity contribution is -0.141. The van der Waals surface area contributed by atoms with E-state index in [9.17, 15) is 9.59 Å². The SMILES string of the molecule is Cc1cccc(CN(C(=O)CCCSc2ccc(Cl)cc2)[C@@H](C)C(=O)NC(C)(C)C)c1. The fourth-order valence-corrected chi connectivity index (χ4v) is 4.13. The maximum atomic E-state index is 13.1. The number of halogens is 1. The second-order valence-electron chi connectivity index (χ2n) is 8.83. The van der Waals surface area contributed by atoms with Gasteiger partial charge in [-0.3, -0.25) is 9.59 Å². The van der Waals surface area contributed by atoms with Crippen LogP contribution in [-0.4, -0.2) is 34.0 Å². The zero-order valence-electron chi connectivity index (χ0n) is 19.1. The third-order valence-corrected chi connectivity index (χ3v) is 6.07. The number of carbonyl (C=O) groups is 2. The van der Waals surface area contributed by atoms with Crippen LogP contribution in [0, 0.1) is 6.92 Å². The van der Waals surface area contributed by atoms with Crippen molar-refractivity contribution in [2.75, 3.05) is 5.75 Å². The number of nitrogens with zero attached hydrogens (tertiary/aromatic N) is 1. The van der Waals surface area contributed by atoms with Gasteiger partial charge >= 0.3 is 0 Å². The minimum atomic E-state index is -0.545. The largest absolute Gasteiger partial charge is 0.350 e. The van der Waals surface area contributed by atoms with Gasteiger partial charge in [-0.1, -0.05) is 41.4 Å². The Labute approximate surface area is 195 Å². The number of benzene rings is 2. The number of rotatable bonds is 9. The van der Waals surface area contributed by atoms with Gasteiger partial charge in [0.05, 0.1) is 0 Å². The van der Waals surface area contributed by atoms with E-state index in [1.807, 2.05) is 70.2 Å². The van der Waals surface area contributed by atoms with Crippen molar-refractivity contribution >= 4 is 35.2 Å². The van der Waals surface area contributed by atoms with Crippen molar-refractivity contribution < 1.29 is 9.59 Å². The summed E-state index contributed by atoms with van der Waals surface area (Å²) in [7, 11) is 0. The van der Waals surface area contributed by atoms with Crippen LogP contribution >= 0.6 is 23.4 Å². The summed E-state index contributed by atoms with van der Waals surface area (Å²) in [5, 5.41) is 3.71. The van der Waals surface area contributed by atoms with E-state index >= 15 is 0 Å². The predicted octanol–water partition coefficient (Wildman–Crippen LogP) is 5.85. The number of hydrogen-bond acceptors (Lipinski definition) is 3. The van der Waals surface area contributed by atoms with E-state index in [1.54, 1.807) is 23.6 Å². The monoisotopic (exact) mass is 460 g/mol. The molecule has 0 unspecified atom stereocenters. The van der Waals surface area contributed by atoms with Crippen molar-refractivity contribution in [2.45, 2.75) is 70.5 Å². The van der Waals surface area contributed by atoms with Crippen molar-refractivity contribution in [3.05, 3.63) is 64.7 Å². The van der Waals surface area contributed by atoms with Crippen molar-refractivity contribution in [3.8, 4) is 0 Å². The highest BCUT2D eigenvalue weighted by atomic mass is 35.5. The molecule has 2 rings (SSSR count). The quantitative estimate of drug-likeness (QED) is 0.377. The molecular weight excluding hydrogens is 428 g/mol. The number of nitrogens with one attached hydrogen (secondary N) is 1. The zero-order chi connectivity index (χ0) is 23.0. The Morgan fingerprint density at radius 1 is 1.13 bits per heavy atom. The van der Waals surface area contributed by atoms with Crippen molar-refractivity contribution in [1.29, 1.82) is 0 Å². The van der Waals surface area contributed by atoms with Crippen LogP contribution in [0.15, 0.2) is 53.4 Å². The first-order chi connectivity index (χ1) is 14.5. The van der Waals surface area contributed by atoms with E-state index in [4.69, 9.17) is 11.6 Å². The summed E-state index contributed by atoms with van der Waals surface area (Å²) in [6.07, 6.45) is 1.14. The van der Waals surface area contributed by atoms with Crippen LogP contribution in [0.1, 0.15) is 51.7 Å². The van der Waals surface area contributed by atoms with Crippen molar-refractivity contribution in [2.24, 2.45) is 0 Å². The average Bonchev–Trinajstić information content (AvgIpc) is 2.69. The lowest BCUT2D eigenvalue weighted by Gasteiger charge is -2.31. The smallest absolute Gasteiger partial charge is 0.242 e. The standard InChI is InChI=1S/C25H33ClN2O2S/c1-18-8-6-9-20(16-18)17-28(19(2)24(30)27-25(3,4)5)23(29)10-7-15-31-22-13-11-21(26)12-14-22/h6,8-9,11-14,16,19H,7,10,15,17H2,1-5H3,(H,27,30)/t19-/m0/s1. The summed E-state index contributed by atoms with van der Waals surface area (Å²) < 4.78 is 0. The van der Waals surface area contributed by atoms with E-state index in [1.165, 1.54) is 0 Å². The van der Waals surface area contributed by atoms with Gasteiger partial charge in [0.1, 0.15) is 6.04 Å². The van der Waals surface area contributed by atoms with Gasteiger partial charge in [-0.05, 0) is 76.6 Å². The third kappa shape index (κ3) is 8.96. The molecule has 0 radical (unpaired) electrons. The van der Waals surface area contributed by atoms with Gasteiger partial charge < -0.3 is 10.2 Å². The van der Waals surface area contributed by atoms with E-state index < -0.39 is 6.04 Å². The molecule has 0 saturated carbocycles.